The van der Waals surface area contributed by atoms with Gasteiger partial charge in [-0.05, 0) is 18.2 Å². The van der Waals surface area contributed by atoms with E-state index in [-0.39, 0.29) is 44.2 Å². The average Bonchev–Trinajstić information content (AvgIpc) is 2.93. The minimum absolute atomic E-state index is 0.00328. The Morgan fingerprint density at radius 1 is 1.18 bits per heavy atom. The number of benzene rings is 1. The van der Waals surface area contributed by atoms with Crippen molar-refractivity contribution >= 4 is 11.8 Å². The van der Waals surface area contributed by atoms with Crippen molar-refractivity contribution in [3.63, 3.8) is 0 Å². The largest absolute Gasteiger partial charge is 0.502 e. The predicted molar refractivity (Wildman–Crippen MR) is 133 cm³/mol. The SMILES string of the molecule is O=C(NCc1ccc(F)cc1F)c1cn2c(c(O)c1=O)C(=O)N(CC1COCCO1)CN2Cc1ccccn1. The molecule has 0 bridgehead atoms. The second kappa shape index (κ2) is 11.2. The molecule has 2 aliphatic rings. The van der Waals surface area contributed by atoms with Crippen LogP contribution < -0.4 is 15.8 Å². The number of ether oxygens (including phenoxy) is 2. The van der Waals surface area contributed by atoms with Gasteiger partial charge >= 0.3 is 0 Å². The summed E-state index contributed by atoms with van der Waals surface area (Å²) in [7, 11) is 0. The second-order valence-electron chi connectivity index (χ2n) is 9.05. The molecule has 11 nitrogen and oxygen atoms in total. The molecule has 1 unspecified atom stereocenters. The Bertz CT molecular complexity index is 1440. The molecule has 1 atom stereocenters. The lowest BCUT2D eigenvalue weighted by Gasteiger charge is -2.41. The fourth-order valence-corrected chi connectivity index (χ4v) is 4.42. The number of aromatic nitrogens is 2. The van der Waals surface area contributed by atoms with Crippen molar-refractivity contribution in [1.82, 2.24) is 19.9 Å². The van der Waals surface area contributed by atoms with Gasteiger partial charge in [-0.2, -0.15) is 0 Å². The summed E-state index contributed by atoms with van der Waals surface area (Å²) in [4.78, 5) is 45.1. The summed E-state index contributed by atoms with van der Waals surface area (Å²) in [5.74, 6) is -4.07. The third kappa shape index (κ3) is 5.59. The molecule has 3 aromatic rings. The molecule has 13 heteroatoms. The van der Waals surface area contributed by atoms with Gasteiger partial charge in [0, 0.05) is 30.6 Å². The summed E-state index contributed by atoms with van der Waals surface area (Å²) in [6.07, 6.45) is 2.37. The Balaban J connectivity index is 1.47. The summed E-state index contributed by atoms with van der Waals surface area (Å²) in [5.41, 5.74) is -1.21. The average molecular weight is 542 g/mol. The van der Waals surface area contributed by atoms with Gasteiger partial charge in [-0.15, -0.1) is 0 Å². The normalized spacial score (nSPS) is 17.2. The summed E-state index contributed by atoms with van der Waals surface area (Å²) < 4.78 is 39.6. The Morgan fingerprint density at radius 2 is 2.03 bits per heavy atom. The van der Waals surface area contributed by atoms with Crippen LogP contribution in [0.15, 0.2) is 53.6 Å². The van der Waals surface area contributed by atoms with Crippen LogP contribution in [-0.2, 0) is 22.6 Å². The molecule has 2 aromatic heterocycles. The number of carbonyl (C=O) groups is 2. The number of fused-ring (bicyclic) bond motifs is 1. The number of hydrogen-bond acceptors (Lipinski definition) is 8. The van der Waals surface area contributed by atoms with Gasteiger partial charge in [0.05, 0.1) is 44.7 Å². The van der Waals surface area contributed by atoms with Crippen LogP contribution >= 0.6 is 0 Å². The molecule has 1 fully saturated rings. The minimum atomic E-state index is -1.07. The van der Waals surface area contributed by atoms with Crippen molar-refractivity contribution in [2.75, 3.05) is 38.0 Å². The van der Waals surface area contributed by atoms with Gasteiger partial charge in [-0.1, -0.05) is 12.1 Å². The highest BCUT2D eigenvalue weighted by Crippen LogP contribution is 2.23. The van der Waals surface area contributed by atoms with Gasteiger partial charge in [0.1, 0.15) is 23.9 Å². The van der Waals surface area contributed by atoms with E-state index in [1.807, 2.05) is 0 Å². The van der Waals surface area contributed by atoms with Crippen molar-refractivity contribution in [1.29, 1.82) is 0 Å². The summed E-state index contributed by atoms with van der Waals surface area (Å²) in [6, 6.07) is 8.20. The van der Waals surface area contributed by atoms with Crippen LogP contribution in [0, 0.1) is 11.6 Å². The molecule has 0 radical (unpaired) electrons. The van der Waals surface area contributed by atoms with E-state index in [0.717, 1.165) is 12.3 Å². The number of hydrogen-bond donors (Lipinski definition) is 2. The lowest BCUT2D eigenvalue weighted by molar-refractivity contribution is -0.0955. The highest BCUT2D eigenvalue weighted by atomic mass is 19.1. The lowest BCUT2D eigenvalue weighted by atomic mass is 10.1. The molecule has 5 rings (SSSR count). The van der Waals surface area contributed by atoms with E-state index in [4.69, 9.17) is 9.47 Å². The molecule has 1 saturated heterocycles. The van der Waals surface area contributed by atoms with Crippen LogP contribution in [0.5, 0.6) is 5.75 Å². The highest BCUT2D eigenvalue weighted by molar-refractivity contribution is 5.99. The highest BCUT2D eigenvalue weighted by Gasteiger charge is 2.36. The molecule has 2 N–H and O–H groups in total. The van der Waals surface area contributed by atoms with E-state index in [0.29, 0.717) is 25.0 Å². The maximum absolute atomic E-state index is 14.0. The van der Waals surface area contributed by atoms with Gasteiger partial charge in [-0.3, -0.25) is 29.1 Å². The van der Waals surface area contributed by atoms with Gasteiger partial charge in [0.25, 0.3) is 11.8 Å². The zero-order valence-corrected chi connectivity index (χ0v) is 20.7. The van der Waals surface area contributed by atoms with Crippen molar-refractivity contribution in [2.45, 2.75) is 19.2 Å². The molecule has 4 heterocycles. The van der Waals surface area contributed by atoms with Gasteiger partial charge in [0.2, 0.25) is 5.43 Å². The van der Waals surface area contributed by atoms with E-state index in [1.165, 1.54) is 15.6 Å². The van der Waals surface area contributed by atoms with Crippen molar-refractivity contribution in [2.24, 2.45) is 0 Å². The fraction of sp³-hybridized carbons (Fsp3) is 0.308. The van der Waals surface area contributed by atoms with Crippen LogP contribution in [0.1, 0.15) is 32.1 Å². The molecule has 39 heavy (non-hydrogen) atoms. The number of nitrogens with one attached hydrogen (secondary N) is 1. The van der Waals surface area contributed by atoms with E-state index in [1.54, 1.807) is 29.4 Å². The van der Waals surface area contributed by atoms with Crippen molar-refractivity contribution in [3.8, 4) is 5.75 Å². The zero-order valence-electron chi connectivity index (χ0n) is 20.7. The number of halogens is 2. The van der Waals surface area contributed by atoms with E-state index in [9.17, 15) is 28.3 Å². The van der Waals surface area contributed by atoms with Crippen LogP contribution in [0.2, 0.25) is 0 Å². The fourth-order valence-electron chi connectivity index (χ4n) is 4.42. The second-order valence-corrected chi connectivity index (χ2v) is 9.05. The number of carbonyl (C=O) groups excluding carboxylic acids is 2. The van der Waals surface area contributed by atoms with Gasteiger partial charge in [0.15, 0.2) is 11.4 Å². The first kappa shape index (κ1) is 26.3. The third-order valence-corrected chi connectivity index (χ3v) is 6.37. The zero-order chi connectivity index (χ0) is 27.5. The molecule has 204 valence electrons. The lowest BCUT2D eigenvalue weighted by Crippen LogP contribution is -2.56. The standard InChI is InChI=1S/C26H25F2N5O6/c27-17-5-4-16(21(28)9-17)10-30-25(36)20-13-33-22(24(35)23(20)34)26(37)31(12-19-14-38-7-8-39-19)15-32(33)11-18-3-1-2-6-29-18/h1-6,9,13,19,35H,7-8,10-12,14-15H2,(H,30,36). The van der Waals surface area contributed by atoms with Crippen LogP contribution in [0.3, 0.4) is 0 Å². The first-order chi connectivity index (χ1) is 18.8. The molecule has 2 aliphatic heterocycles. The number of pyridine rings is 2. The Morgan fingerprint density at radius 3 is 2.74 bits per heavy atom. The summed E-state index contributed by atoms with van der Waals surface area (Å²) >= 11 is 0. The first-order valence-electron chi connectivity index (χ1n) is 12.2. The Labute approximate surface area is 221 Å². The minimum Gasteiger partial charge on any atom is -0.502 e. The van der Waals surface area contributed by atoms with Crippen LogP contribution in [-0.4, -0.2) is 70.6 Å². The summed E-state index contributed by atoms with van der Waals surface area (Å²) in [6.45, 7) is 1.14. The first-order valence-corrected chi connectivity index (χ1v) is 12.2. The maximum atomic E-state index is 14.0. The van der Waals surface area contributed by atoms with Crippen molar-refractivity contribution < 1.29 is 33.0 Å². The third-order valence-electron chi connectivity index (χ3n) is 6.37. The van der Waals surface area contributed by atoms with E-state index < -0.39 is 46.3 Å². The molecular weight excluding hydrogens is 516 g/mol. The quantitative estimate of drug-likeness (QED) is 0.456. The van der Waals surface area contributed by atoms with Crippen molar-refractivity contribution in [3.05, 3.63) is 93.2 Å². The van der Waals surface area contributed by atoms with Gasteiger partial charge < -0.3 is 24.8 Å². The number of nitrogens with zero attached hydrogens (tertiary/aromatic N) is 4. The number of amides is 2. The molecule has 1 aromatic carbocycles. The topological polar surface area (TPSA) is 126 Å². The molecule has 0 spiro atoms. The smallest absolute Gasteiger partial charge is 0.277 e. The number of aromatic hydroxyl groups is 1. The van der Waals surface area contributed by atoms with Crippen LogP contribution in [0.25, 0.3) is 0 Å². The monoisotopic (exact) mass is 541 g/mol. The molecule has 0 saturated carbocycles. The van der Waals surface area contributed by atoms with Crippen LogP contribution in [0.4, 0.5) is 8.78 Å². The van der Waals surface area contributed by atoms with Gasteiger partial charge in [-0.25, -0.2) is 8.78 Å². The Kier molecular flexibility index (Phi) is 7.52. The summed E-state index contributed by atoms with van der Waals surface area (Å²) in [5, 5.41) is 14.9. The predicted octanol–water partition coefficient (Wildman–Crippen LogP) is 1.12. The molecular formula is C26H25F2N5O6. The Hall–Kier alpha value is -4.36. The molecule has 2 amide bonds. The molecule has 0 aliphatic carbocycles. The van der Waals surface area contributed by atoms with E-state index >= 15 is 0 Å². The number of rotatable bonds is 7. The van der Waals surface area contributed by atoms with E-state index in [2.05, 4.69) is 10.3 Å². The maximum Gasteiger partial charge on any atom is 0.277 e.